The smallest absolute Gasteiger partial charge is 0.257 e. The van der Waals surface area contributed by atoms with Gasteiger partial charge in [0.2, 0.25) is 0 Å². The standard InChI is InChI=1S/C13H12BrClN2O/c1-2-3-6-17(10-4-5-10)13(18)11-7-9(14)8-16-12(11)15/h1,7-8,10H,3-6H2. The average molecular weight is 328 g/mol. The first-order valence-electron chi connectivity index (χ1n) is 5.69. The van der Waals surface area contributed by atoms with Gasteiger partial charge >= 0.3 is 0 Å². The number of nitrogens with zero attached hydrogens (tertiary/aromatic N) is 2. The van der Waals surface area contributed by atoms with E-state index in [1.807, 2.05) is 0 Å². The van der Waals surface area contributed by atoms with Gasteiger partial charge in [-0.2, -0.15) is 0 Å². The highest BCUT2D eigenvalue weighted by atomic mass is 79.9. The predicted molar refractivity (Wildman–Crippen MR) is 74.5 cm³/mol. The molecule has 0 unspecified atom stereocenters. The van der Waals surface area contributed by atoms with Gasteiger partial charge in [0.15, 0.2) is 0 Å². The maximum Gasteiger partial charge on any atom is 0.257 e. The van der Waals surface area contributed by atoms with Crippen LogP contribution < -0.4 is 0 Å². The van der Waals surface area contributed by atoms with Crippen LogP contribution in [0.4, 0.5) is 0 Å². The Hall–Kier alpha value is -1.05. The number of amides is 1. The van der Waals surface area contributed by atoms with Crippen molar-refractivity contribution in [2.75, 3.05) is 6.54 Å². The van der Waals surface area contributed by atoms with E-state index in [1.165, 1.54) is 0 Å². The molecule has 2 rings (SSSR count). The maximum absolute atomic E-state index is 12.4. The lowest BCUT2D eigenvalue weighted by Crippen LogP contribution is -2.34. The third-order valence-corrected chi connectivity index (χ3v) is 3.52. The molecular weight excluding hydrogens is 316 g/mol. The Labute approximate surface area is 120 Å². The van der Waals surface area contributed by atoms with Gasteiger partial charge in [0.25, 0.3) is 5.91 Å². The number of hydrogen-bond donors (Lipinski definition) is 0. The largest absolute Gasteiger partial charge is 0.335 e. The number of carbonyl (C=O) groups is 1. The van der Waals surface area contributed by atoms with Crippen LogP contribution in [0.5, 0.6) is 0 Å². The molecule has 1 aromatic rings. The molecule has 1 fully saturated rings. The second-order valence-electron chi connectivity index (χ2n) is 4.18. The van der Waals surface area contributed by atoms with Crippen LogP contribution in [-0.4, -0.2) is 28.4 Å². The van der Waals surface area contributed by atoms with Crippen LogP contribution in [0.2, 0.25) is 5.15 Å². The molecule has 5 heteroatoms. The van der Waals surface area contributed by atoms with Crippen molar-refractivity contribution >= 4 is 33.4 Å². The molecule has 0 atom stereocenters. The van der Waals surface area contributed by atoms with E-state index in [9.17, 15) is 4.79 Å². The van der Waals surface area contributed by atoms with Crippen LogP contribution in [0.25, 0.3) is 0 Å². The van der Waals surface area contributed by atoms with E-state index in [-0.39, 0.29) is 11.1 Å². The monoisotopic (exact) mass is 326 g/mol. The van der Waals surface area contributed by atoms with Gasteiger partial charge in [-0.25, -0.2) is 4.98 Å². The van der Waals surface area contributed by atoms with Crippen molar-refractivity contribution in [2.24, 2.45) is 0 Å². The van der Waals surface area contributed by atoms with E-state index < -0.39 is 0 Å². The lowest BCUT2D eigenvalue weighted by Gasteiger charge is -2.21. The fourth-order valence-corrected chi connectivity index (χ4v) is 2.26. The van der Waals surface area contributed by atoms with E-state index in [4.69, 9.17) is 18.0 Å². The minimum Gasteiger partial charge on any atom is -0.335 e. The van der Waals surface area contributed by atoms with E-state index in [0.29, 0.717) is 24.6 Å². The van der Waals surface area contributed by atoms with Crippen molar-refractivity contribution in [3.8, 4) is 12.3 Å². The second kappa shape index (κ2) is 5.73. The first kappa shape index (κ1) is 13.4. The van der Waals surface area contributed by atoms with Crippen molar-refractivity contribution in [1.29, 1.82) is 0 Å². The molecule has 0 aromatic carbocycles. The summed E-state index contributed by atoms with van der Waals surface area (Å²) in [4.78, 5) is 18.2. The Morgan fingerprint density at radius 2 is 2.39 bits per heavy atom. The van der Waals surface area contributed by atoms with Gasteiger partial charge in [0.1, 0.15) is 5.15 Å². The van der Waals surface area contributed by atoms with Gasteiger partial charge in [0, 0.05) is 29.7 Å². The number of aromatic nitrogens is 1. The summed E-state index contributed by atoms with van der Waals surface area (Å²) in [5.74, 6) is 2.47. The summed E-state index contributed by atoms with van der Waals surface area (Å²) in [5, 5.41) is 0.231. The van der Waals surface area contributed by atoms with Crippen LogP contribution in [0, 0.1) is 12.3 Å². The third-order valence-electron chi connectivity index (χ3n) is 2.78. The molecule has 1 aliphatic carbocycles. The van der Waals surface area contributed by atoms with Crippen molar-refractivity contribution in [2.45, 2.75) is 25.3 Å². The van der Waals surface area contributed by atoms with Gasteiger partial charge in [0.05, 0.1) is 5.56 Å². The number of hydrogen-bond acceptors (Lipinski definition) is 2. The molecule has 0 N–H and O–H groups in total. The maximum atomic E-state index is 12.4. The highest BCUT2D eigenvalue weighted by Crippen LogP contribution is 2.30. The first-order chi connectivity index (χ1) is 8.63. The van der Waals surface area contributed by atoms with Crippen LogP contribution in [0.3, 0.4) is 0 Å². The summed E-state index contributed by atoms with van der Waals surface area (Å²) >= 11 is 9.27. The Balaban J connectivity index is 2.22. The molecule has 1 saturated carbocycles. The average Bonchev–Trinajstić information content (AvgIpc) is 3.17. The molecule has 94 valence electrons. The van der Waals surface area contributed by atoms with Gasteiger partial charge in [-0.3, -0.25) is 4.79 Å². The van der Waals surface area contributed by atoms with E-state index in [2.05, 4.69) is 26.8 Å². The minimum absolute atomic E-state index is 0.0912. The number of rotatable bonds is 4. The summed E-state index contributed by atoms with van der Waals surface area (Å²) in [7, 11) is 0. The molecule has 18 heavy (non-hydrogen) atoms. The fraction of sp³-hybridized carbons (Fsp3) is 0.385. The third kappa shape index (κ3) is 3.04. The van der Waals surface area contributed by atoms with Crippen LogP contribution in [0.15, 0.2) is 16.7 Å². The highest BCUT2D eigenvalue weighted by Gasteiger charge is 2.33. The molecule has 1 aliphatic rings. The lowest BCUT2D eigenvalue weighted by atomic mass is 10.2. The molecule has 0 saturated heterocycles. The molecule has 0 spiro atoms. The van der Waals surface area contributed by atoms with Gasteiger partial charge in [-0.1, -0.05) is 11.6 Å². The summed E-state index contributed by atoms with van der Waals surface area (Å²) in [6.45, 7) is 0.572. The molecule has 1 aromatic heterocycles. The number of carbonyl (C=O) groups excluding carboxylic acids is 1. The SMILES string of the molecule is C#CCCN(C(=O)c1cc(Br)cnc1Cl)C1CC1. The van der Waals surface area contributed by atoms with Crippen molar-refractivity contribution in [3.05, 3.63) is 27.5 Å². The molecule has 1 heterocycles. The van der Waals surface area contributed by atoms with E-state index in [0.717, 1.165) is 17.3 Å². The van der Waals surface area contributed by atoms with Crippen LogP contribution in [0.1, 0.15) is 29.6 Å². The molecule has 0 aliphatic heterocycles. The Bertz CT molecular complexity index is 508. The molecule has 0 bridgehead atoms. The molecule has 1 amide bonds. The number of terminal acetylenes is 1. The number of pyridine rings is 1. The topological polar surface area (TPSA) is 33.2 Å². The summed E-state index contributed by atoms with van der Waals surface area (Å²) in [6, 6.07) is 2.00. The first-order valence-corrected chi connectivity index (χ1v) is 6.86. The highest BCUT2D eigenvalue weighted by molar-refractivity contribution is 9.10. The Morgan fingerprint density at radius 3 is 3.00 bits per heavy atom. The zero-order chi connectivity index (χ0) is 13.1. The van der Waals surface area contributed by atoms with Gasteiger partial charge in [-0.15, -0.1) is 12.3 Å². The number of halogens is 2. The van der Waals surface area contributed by atoms with Crippen LogP contribution in [-0.2, 0) is 0 Å². The van der Waals surface area contributed by atoms with Crippen molar-refractivity contribution < 1.29 is 4.79 Å². The van der Waals surface area contributed by atoms with Gasteiger partial charge in [-0.05, 0) is 34.8 Å². The summed E-state index contributed by atoms with van der Waals surface area (Å²) < 4.78 is 0.739. The zero-order valence-corrected chi connectivity index (χ0v) is 12.0. The molecule has 3 nitrogen and oxygen atoms in total. The molecule has 0 radical (unpaired) electrons. The Morgan fingerprint density at radius 1 is 1.67 bits per heavy atom. The Kier molecular flexibility index (Phi) is 4.26. The quantitative estimate of drug-likeness (QED) is 0.629. The van der Waals surface area contributed by atoms with Crippen molar-refractivity contribution in [3.63, 3.8) is 0 Å². The van der Waals surface area contributed by atoms with Gasteiger partial charge < -0.3 is 4.90 Å². The predicted octanol–water partition coefficient (Wildman–Crippen LogP) is 3.13. The lowest BCUT2D eigenvalue weighted by molar-refractivity contribution is 0.0746. The summed E-state index contributed by atoms with van der Waals surface area (Å²) in [5.41, 5.74) is 0.426. The normalized spacial score (nSPS) is 14.1. The van der Waals surface area contributed by atoms with E-state index in [1.54, 1.807) is 17.2 Å². The summed E-state index contributed by atoms with van der Waals surface area (Å²) in [6.07, 6.45) is 9.46. The molecular formula is C13H12BrClN2O. The zero-order valence-electron chi connectivity index (χ0n) is 9.70. The van der Waals surface area contributed by atoms with Crippen molar-refractivity contribution in [1.82, 2.24) is 9.88 Å². The minimum atomic E-state index is -0.0912. The van der Waals surface area contributed by atoms with Crippen LogP contribution >= 0.6 is 27.5 Å². The van der Waals surface area contributed by atoms with E-state index >= 15 is 0 Å². The second-order valence-corrected chi connectivity index (χ2v) is 5.45. The fourth-order valence-electron chi connectivity index (χ4n) is 1.75.